The highest BCUT2D eigenvalue weighted by atomic mass is 32.2. The molecule has 0 aliphatic carbocycles. The Morgan fingerprint density at radius 2 is 2.19 bits per heavy atom. The molecule has 86 valence electrons. The van der Waals surface area contributed by atoms with Gasteiger partial charge in [0, 0.05) is 11.8 Å². The van der Waals surface area contributed by atoms with Crippen molar-refractivity contribution in [2.45, 2.75) is 12.6 Å². The van der Waals surface area contributed by atoms with Gasteiger partial charge in [0.1, 0.15) is 0 Å². The number of carbonyl (C=O) groups excluding carboxylic acids is 1. The third-order valence-corrected chi connectivity index (χ3v) is 3.57. The summed E-state index contributed by atoms with van der Waals surface area (Å²) in [4.78, 5) is 17.9. The van der Waals surface area contributed by atoms with Crippen LogP contribution in [0.15, 0.2) is 10.4 Å². The lowest BCUT2D eigenvalue weighted by molar-refractivity contribution is -0.140. The number of halogens is 3. The molecule has 8 heteroatoms. The summed E-state index contributed by atoms with van der Waals surface area (Å²) < 4.78 is 36.7. The monoisotopic (exact) mass is 266 g/mol. The highest BCUT2D eigenvalue weighted by molar-refractivity contribution is 8.15. The number of carbonyl (C=O) groups is 1. The third-order valence-electron chi connectivity index (χ3n) is 1.76. The standard InChI is InChI=1S/C8H5F3N2OS2/c9-8(10,11)4-2-15-6(12-4)1-7-13-5(14)3-16-7/h2H,1,3H2. The van der Waals surface area contributed by atoms with Gasteiger partial charge in [0.25, 0.3) is 5.91 Å². The van der Waals surface area contributed by atoms with E-state index in [4.69, 9.17) is 0 Å². The lowest BCUT2D eigenvalue weighted by Crippen LogP contribution is -2.06. The SMILES string of the molecule is O=C1CSC(Cc2nc(C(F)(F)F)cs2)=N1. The molecular weight excluding hydrogens is 261 g/mol. The minimum Gasteiger partial charge on any atom is -0.272 e. The number of nitrogens with zero attached hydrogens (tertiary/aromatic N) is 2. The second kappa shape index (κ2) is 4.17. The first-order valence-electron chi connectivity index (χ1n) is 4.20. The Bertz CT molecular complexity index is 452. The van der Waals surface area contributed by atoms with E-state index in [9.17, 15) is 18.0 Å². The molecule has 0 fully saturated rings. The molecule has 0 bridgehead atoms. The van der Waals surface area contributed by atoms with Crippen LogP contribution in [0.4, 0.5) is 13.2 Å². The number of rotatable bonds is 2. The zero-order chi connectivity index (χ0) is 11.8. The highest BCUT2D eigenvalue weighted by Crippen LogP contribution is 2.30. The molecule has 0 saturated carbocycles. The molecule has 1 aliphatic heterocycles. The van der Waals surface area contributed by atoms with E-state index in [0.717, 1.165) is 16.7 Å². The summed E-state index contributed by atoms with van der Waals surface area (Å²) in [7, 11) is 0. The van der Waals surface area contributed by atoms with Gasteiger partial charge < -0.3 is 0 Å². The van der Waals surface area contributed by atoms with Crippen LogP contribution < -0.4 is 0 Å². The van der Waals surface area contributed by atoms with Crippen LogP contribution in [0, 0.1) is 0 Å². The van der Waals surface area contributed by atoms with Crippen LogP contribution >= 0.6 is 23.1 Å². The van der Waals surface area contributed by atoms with Crippen LogP contribution in [0.3, 0.4) is 0 Å². The third kappa shape index (κ3) is 2.62. The fourth-order valence-corrected chi connectivity index (χ4v) is 2.75. The Morgan fingerprint density at radius 1 is 1.44 bits per heavy atom. The average molecular weight is 266 g/mol. The largest absolute Gasteiger partial charge is 0.434 e. The molecule has 1 amide bonds. The second-order valence-corrected chi connectivity index (χ2v) is 4.98. The first kappa shape index (κ1) is 11.6. The molecular formula is C8H5F3N2OS2. The van der Waals surface area contributed by atoms with Gasteiger partial charge in [-0.3, -0.25) is 4.79 Å². The van der Waals surface area contributed by atoms with Crippen molar-refractivity contribution < 1.29 is 18.0 Å². The van der Waals surface area contributed by atoms with Crippen molar-refractivity contribution in [3.63, 3.8) is 0 Å². The van der Waals surface area contributed by atoms with Gasteiger partial charge in [-0.1, -0.05) is 0 Å². The molecule has 2 rings (SSSR count). The fourth-order valence-electron chi connectivity index (χ4n) is 1.09. The number of thiazole rings is 1. The summed E-state index contributed by atoms with van der Waals surface area (Å²) in [6, 6.07) is 0. The van der Waals surface area contributed by atoms with Gasteiger partial charge in [-0.2, -0.15) is 13.2 Å². The number of aliphatic imine (C=N–C) groups is 1. The van der Waals surface area contributed by atoms with Crippen molar-refractivity contribution in [3.05, 3.63) is 16.1 Å². The molecule has 0 radical (unpaired) electrons. The van der Waals surface area contributed by atoms with Crippen molar-refractivity contribution >= 4 is 34.0 Å². The topological polar surface area (TPSA) is 42.3 Å². The quantitative estimate of drug-likeness (QED) is 0.825. The minimum atomic E-state index is -4.41. The van der Waals surface area contributed by atoms with Crippen LogP contribution in [-0.2, 0) is 17.4 Å². The lowest BCUT2D eigenvalue weighted by Gasteiger charge is -1.99. The molecule has 0 N–H and O–H groups in total. The summed E-state index contributed by atoms with van der Waals surface area (Å²) >= 11 is 2.18. The number of thioether (sulfide) groups is 1. The van der Waals surface area contributed by atoms with Crippen molar-refractivity contribution in [2.75, 3.05) is 5.75 Å². The number of aromatic nitrogens is 1. The molecule has 0 aromatic carbocycles. The van der Waals surface area contributed by atoms with Gasteiger partial charge in [0.05, 0.1) is 15.8 Å². The minimum absolute atomic E-state index is 0.206. The van der Waals surface area contributed by atoms with Crippen molar-refractivity contribution in [3.8, 4) is 0 Å². The maximum Gasteiger partial charge on any atom is 0.434 e. The maximum atomic E-state index is 12.2. The predicted molar refractivity (Wildman–Crippen MR) is 55.7 cm³/mol. The predicted octanol–water partition coefficient (Wildman–Crippen LogP) is 2.38. The lowest BCUT2D eigenvalue weighted by atomic mass is 10.4. The summed E-state index contributed by atoms with van der Waals surface area (Å²) in [5.41, 5.74) is -0.887. The van der Waals surface area contributed by atoms with E-state index in [-0.39, 0.29) is 18.1 Å². The second-order valence-electron chi connectivity index (χ2n) is 2.99. The molecule has 1 aromatic heterocycles. The average Bonchev–Trinajstić information content (AvgIpc) is 2.74. The van der Waals surface area contributed by atoms with Gasteiger partial charge in [-0.25, -0.2) is 9.98 Å². The van der Waals surface area contributed by atoms with Gasteiger partial charge >= 0.3 is 6.18 Å². The number of hydrogen-bond donors (Lipinski definition) is 0. The molecule has 0 atom stereocenters. The van der Waals surface area contributed by atoms with Crippen LogP contribution in [0.25, 0.3) is 0 Å². The summed E-state index contributed by atoms with van der Waals surface area (Å²) in [5.74, 6) is 0.0277. The van der Waals surface area contributed by atoms with Gasteiger partial charge in [-0.15, -0.1) is 23.1 Å². The Kier molecular flexibility index (Phi) is 3.02. The molecule has 2 heterocycles. The van der Waals surface area contributed by atoms with Crippen molar-refractivity contribution in [2.24, 2.45) is 4.99 Å². The smallest absolute Gasteiger partial charge is 0.272 e. The molecule has 0 saturated heterocycles. The van der Waals surface area contributed by atoms with Crippen LogP contribution in [-0.4, -0.2) is 21.7 Å². The van der Waals surface area contributed by atoms with Crippen molar-refractivity contribution in [1.29, 1.82) is 0 Å². The number of hydrogen-bond acceptors (Lipinski definition) is 4. The molecule has 0 unspecified atom stereocenters. The van der Waals surface area contributed by atoms with Crippen LogP contribution in [0.2, 0.25) is 0 Å². The van der Waals surface area contributed by atoms with E-state index in [0.29, 0.717) is 10.1 Å². The van der Waals surface area contributed by atoms with E-state index >= 15 is 0 Å². The van der Waals surface area contributed by atoms with Gasteiger partial charge in [-0.05, 0) is 0 Å². The van der Waals surface area contributed by atoms with Crippen LogP contribution in [0.1, 0.15) is 10.7 Å². The molecule has 1 aromatic rings. The Balaban J connectivity index is 2.09. The van der Waals surface area contributed by atoms with E-state index < -0.39 is 11.9 Å². The fraction of sp³-hybridized carbons (Fsp3) is 0.375. The summed E-state index contributed by atoms with van der Waals surface area (Å²) in [6.07, 6.45) is -4.20. The normalized spacial score (nSPS) is 16.7. The Labute approximate surface area is 96.8 Å². The number of alkyl halides is 3. The molecule has 16 heavy (non-hydrogen) atoms. The first-order chi connectivity index (χ1) is 7.45. The van der Waals surface area contributed by atoms with E-state index in [1.807, 2.05) is 0 Å². The summed E-state index contributed by atoms with van der Waals surface area (Å²) in [5, 5.41) is 1.83. The first-order valence-corrected chi connectivity index (χ1v) is 6.06. The van der Waals surface area contributed by atoms with Crippen LogP contribution in [0.5, 0.6) is 0 Å². The number of amides is 1. The van der Waals surface area contributed by atoms with Gasteiger partial charge in [0.2, 0.25) is 0 Å². The highest BCUT2D eigenvalue weighted by Gasteiger charge is 2.33. The van der Waals surface area contributed by atoms with E-state index in [2.05, 4.69) is 9.98 Å². The Hall–Kier alpha value is -0.890. The summed E-state index contributed by atoms with van der Waals surface area (Å²) in [6.45, 7) is 0. The Morgan fingerprint density at radius 3 is 2.69 bits per heavy atom. The zero-order valence-electron chi connectivity index (χ0n) is 7.74. The molecule has 1 aliphatic rings. The van der Waals surface area contributed by atoms with Crippen molar-refractivity contribution in [1.82, 2.24) is 4.98 Å². The molecule has 3 nitrogen and oxygen atoms in total. The molecule has 0 spiro atoms. The van der Waals surface area contributed by atoms with E-state index in [1.54, 1.807) is 0 Å². The zero-order valence-corrected chi connectivity index (χ0v) is 9.38. The maximum absolute atomic E-state index is 12.2. The van der Waals surface area contributed by atoms with Gasteiger partial charge in [0.15, 0.2) is 5.69 Å². The van der Waals surface area contributed by atoms with E-state index in [1.165, 1.54) is 11.8 Å².